The van der Waals surface area contributed by atoms with Crippen molar-refractivity contribution in [3.05, 3.63) is 41.3 Å². The van der Waals surface area contributed by atoms with E-state index in [9.17, 15) is 4.39 Å². The van der Waals surface area contributed by atoms with Gasteiger partial charge >= 0.3 is 0 Å². The minimum atomic E-state index is -0.253. The van der Waals surface area contributed by atoms with E-state index in [1.165, 1.54) is 12.1 Å². The van der Waals surface area contributed by atoms with Crippen LogP contribution in [0.5, 0.6) is 0 Å². The molecule has 0 aliphatic carbocycles. The van der Waals surface area contributed by atoms with Gasteiger partial charge in [-0.15, -0.1) is 0 Å². The highest BCUT2D eigenvalue weighted by Crippen LogP contribution is 2.21. The lowest BCUT2D eigenvalue weighted by molar-refractivity contribution is 0.628. The number of nitrogens with zero attached hydrogens (tertiary/aromatic N) is 2. The molecule has 0 radical (unpaired) electrons. The molecule has 0 saturated carbocycles. The van der Waals surface area contributed by atoms with Crippen molar-refractivity contribution in [1.29, 1.82) is 0 Å². The normalized spacial score (nSPS) is 10.5. The molecule has 19 heavy (non-hydrogen) atoms. The average molecular weight is 259 g/mol. The lowest BCUT2D eigenvalue weighted by Gasteiger charge is -2.11. The van der Waals surface area contributed by atoms with Crippen molar-refractivity contribution >= 4 is 5.82 Å². The third-order valence-electron chi connectivity index (χ3n) is 3.03. The smallest absolute Gasteiger partial charge is 0.161 e. The fraction of sp³-hybridized carbons (Fsp3) is 0.333. The molecule has 0 atom stereocenters. The van der Waals surface area contributed by atoms with Crippen molar-refractivity contribution in [2.24, 2.45) is 0 Å². The first-order valence-corrected chi connectivity index (χ1v) is 6.47. The predicted octanol–water partition coefficient (Wildman–Crippen LogP) is 3.72. The van der Waals surface area contributed by atoms with Crippen LogP contribution in [0.3, 0.4) is 0 Å². The molecule has 1 aromatic heterocycles. The lowest BCUT2D eigenvalue weighted by atomic mass is 10.2. The Morgan fingerprint density at radius 1 is 1.11 bits per heavy atom. The highest BCUT2D eigenvalue weighted by molar-refractivity contribution is 5.59. The van der Waals surface area contributed by atoms with Gasteiger partial charge in [0.1, 0.15) is 11.6 Å². The molecular weight excluding hydrogens is 241 g/mol. The van der Waals surface area contributed by atoms with Crippen LogP contribution in [0.1, 0.15) is 24.6 Å². The second kappa shape index (κ2) is 5.78. The summed E-state index contributed by atoms with van der Waals surface area (Å²) in [5.74, 6) is 1.23. The Hall–Kier alpha value is -1.97. The van der Waals surface area contributed by atoms with Gasteiger partial charge in [0.2, 0.25) is 0 Å². The summed E-state index contributed by atoms with van der Waals surface area (Å²) in [6, 6.07) is 6.24. The van der Waals surface area contributed by atoms with E-state index >= 15 is 0 Å². The second-order valence-electron chi connectivity index (χ2n) is 4.54. The SMILES string of the molecule is CCCNc1nc(-c2ccc(F)cc2)nc(C)c1C. The van der Waals surface area contributed by atoms with Gasteiger partial charge in [0.05, 0.1) is 0 Å². The molecule has 0 aliphatic rings. The maximum absolute atomic E-state index is 12.9. The van der Waals surface area contributed by atoms with Gasteiger partial charge in [-0.1, -0.05) is 6.92 Å². The van der Waals surface area contributed by atoms with Crippen molar-refractivity contribution in [3.63, 3.8) is 0 Å². The second-order valence-corrected chi connectivity index (χ2v) is 4.54. The van der Waals surface area contributed by atoms with Crippen LogP contribution in [0.25, 0.3) is 11.4 Å². The molecule has 4 heteroatoms. The highest BCUT2D eigenvalue weighted by atomic mass is 19.1. The zero-order chi connectivity index (χ0) is 13.8. The number of aromatic nitrogens is 2. The summed E-state index contributed by atoms with van der Waals surface area (Å²) in [5, 5.41) is 3.30. The molecule has 0 aliphatic heterocycles. The largest absolute Gasteiger partial charge is 0.370 e. The number of halogens is 1. The summed E-state index contributed by atoms with van der Waals surface area (Å²) >= 11 is 0. The van der Waals surface area contributed by atoms with Crippen LogP contribution in [0.4, 0.5) is 10.2 Å². The predicted molar refractivity (Wildman–Crippen MR) is 75.7 cm³/mol. The number of hydrogen-bond donors (Lipinski definition) is 1. The number of nitrogens with one attached hydrogen (secondary N) is 1. The molecule has 2 rings (SSSR count). The van der Waals surface area contributed by atoms with E-state index in [-0.39, 0.29) is 5.82 Å². The quantitative estimate of drug-likeness (QED) is 0.909. The van der Waals surface area contributed by atoms with Crippen molar-refractivity contribution in [2.75, 3.05) is 11.9 Å². The van der Waals surface area contributed by atoms with Crippen LogP contribution in [0, 0.1) is 19.7 Å². The molecule has 0 bridgehead atoms. The van der Waals surface area contributed by atoms with Crippen molar-refractivity contribution in [1.82, 2.24) is 9.97 Å². The molecule has 0 amide bonds. The van der Waals surface area contributed by atoms with Crippen LogP contribution in [-0.2, 0) is 0 Å². The third-order valence-corrected chi connectivity index (χ3v) is 3.03. The Morgan fingerprint density at radius 3 is 2.42 bits per heavy atom. The Labute approximate surface area is 112 Å². The van der Waals surface area contributed by atoms with Crippen LogP contribution < -0.4 is 5.32 Å². The standard InChI is InChI=1S/C15H18FN3/c1-4-9-17-14-10(2)11(3)18-15(19-14)12-5-7-13(16)8-6-12/h5-8H,4,9H2,1-3H3,(H,17,18,19). The van der Waals surface area contributed by atoms with Crippen LogP contribution >= 0.6 is 0 Å². The zero-order valence-electron chi connectivity index (χ0n) is 11.5. The summed E-state index contributed by atoms with van der Waals surface area (Å²) in [7, 11) is 0. The molecule has 2 aromatic rings. The highest BCUT2D eigenvalue weighted by Gasteiger charge is 2.09. The van der Waals surface area contributed by atoms with Gasteiger partial charge in [-0.3, -0.25) is 0 Å². The molecule has 1 aromatic carbocycles. The first-order chi connectivity index (χ1) is 9.11. The van der Waals surface area contributed by atoms with E-state index in [1.54, 1.807) is 12.1 Å². The topological polar surface area (TPSA) is 37.8 Å². The van der Waals surface area contributed by atoms with E-state index in [2.05, 4.69) is 22.2 Å². The lowest BCUT2D eigenvalue weighted by Crippen LogP contribution is -2.07. The van der Waals surface area contributed by atoms with Crippen LogP contribution in [0.2, 0.25) is 0 Å². The zero-order valence-corrected chi connectivity index (χ0v) is 11.5. The maximum Gasteiger partial charge on any atom is 0.161 e. The average Bonchev–Trinajstić information content (AvgIpc) is 2.41. The van der Waals surface area contributed by atoms with Crippen LogP contribution in [-0.4, -0.2) is 16.5 Å². The molecule has 100 valence electrons. The number of aryl methyl sites for hydroxylation is 1. The molecule has 3 nitrogen and oxygen atoms in total. The Morgan fingerprint density at radius 2 is 1.79 bits per heavy atom. The van der Waals surface area contributed by atoms with E-state index in [4.69, 9.17) is 0 Å². The fourth-order valence-corrected chi connectivity index (χ4v) is 1.77. The molecule has 1 heterocycles. The van der Waals surface area contributed by atoms with E-state index in [0.717, 1.165) is 35.6 Å². The molecular formula is C15H18FN3. The fourth-order valence-electron chi connectivity index (χ4n) is 1.77. The first kappa shape index (κ1) is 13.5. The molecule has 0 unspecified atom stereocenters. The number of hydrogen-bond acceptors (Lipinski definition) is 3. The van der Waals surface area contributed by atoms with Gasteiger partial charge in [-0.25, -0.2) is 14.4 Å². The van der Waals surface area contributed by atoms with E-state index < -0.39 is 0 Å². The summed E-state index contributed by atoms with van der Waals surface area (Å²) in [6.45, 7) is 6.94. The minimum absolute atomic E-state index is 0.253. The molecule has 0 saturated heterocycles. The third kappa shape index (κ3) is 3.08. The minimum Gasteiger partial charge on any atom is -0.370 e. The summed E-state index contributed by atoms with van der Waals surface area (Å²) in [5.41, 5.74) is 2.82. The first-order valence-electron chi connectivity index (χ1n) is 6.47. The summed E-state index contributed by atoms with van der Waals surface area (Å²) < 4.78 is 12.9. The van der Waals surface area contributed by atoms with Gasteiger partial charge in [0.15, 0.2) is 5.82 Å². The number of anilines is 1. The van der Waals surface area contributed by atoms with Gasteiger partial charge in [0.25, 0.3) is 0 Å². The molecule has 1 N–H and O–H groups in total. The Bertz CT molecular complexity index is 564. The van der Waals surface area contributed by atoms with Crippen molar-refractivity contribution in [3.8, 4) is 11.4 Å². The van der Waals surface area contributed by atoms with Gasteiger partial charge in [-0.2, -0.15) is 0 Å². The van der Waals surface area contributed by atoms with Crippen LogP contribution in [0.15, 0.2) is 24.3 Å². The monoisotopic (exact) mass is 259 g/mol. The maximum atomic E-state index is 12.9. The summed E-state index contributed by atoms with van der Waals surface area (Å²) in [6.07, 6.45) is 1.04. The number of rotatable bonds is 4. The van der Waals surface area contributed by atoms with Crippen molar-refractivity contribution < 1.29 is 4.39 Å². The van der Waals surface area contributed by atoms with Gasteiger partial charge in [-0.05, 0) is 44.5 Å². The van der Waals surface area contributed by atoms with E-state index in [1.807, 2.05) is 13.8 Å². The number of benzene rings is 1. The van der Waals surface area contributed by atoms with Gasteiger partial charge < -0.3 is 5.32 Å². The molecule has 0 spiro atoms. The summed E-state index contributed by atoms with van der Waals surface area (Å²) in [4.78, 5) is 8.99. The Kier molecular flexibility index (Phi) is 4.10. The van der Waals surface area contributed by atoms with Gasteiger partial charge in [0, 0.05) is 23.4 Å². The van der Waals surface area contributed by atoms with Crippen molar-refractivity contribution in [2.45, 2.75) is 27.2 Å². The van der Waals surface area contributed by atoms with E-state index in [0.29, 0.717) is 5.82 Å². The Balaban J connectivity index is 2.40. The molecule has 0 fully saturated rings.